The number of oxazole rings is 1. The molecule has 0 bridgehead atoms. The van der Waals surface area contributed by atoms with Crippen molar-refractivity contribution in [1.82, 2.24) is 10.3 Å². The fraction of sp³-hybridized carbons (Fsp3) is 0.500. The third-order valence-electron chi connectivity index (χ3n) is 2.71. The average Bonchev–Trinajstić information content (AvgIpc) is 2.97. The first-order valence-corrected chi connectivity index (χ1v) is 6.52. The van der Waals surface area contributed by atoms with E-state index in [1.807, 2.05) is 19.1 Å². The van der Waals surface area contributed by atoms with Crippen molar-refractivity contribution in [3.8, 4) is 11.5 Å². The average molecular weight is 248 g/mol. The van der Waals surface area contributed by atoms with Gasteiger partial charge in [0.05, 0.1) is 6.20 Å². The summed E-state index contributed by atoms with van der Waals surface area (Å²) in [7, 11) is 0. The molecule has 0 saturated carbocycles. The highest BCUT2D eigenvalue weighted by Gasteiger charge is 2.09. The molecule has 0 fully saturated rings. The first-order valence-electron chi connectivity index (χ1n) is 6.52. The van der Waals surface area contributed by atoms with E-state index in [4.69, 9.17) is 8.83 Å². The van der Waals surface area contributed by atoms with E-state index in [0.29, 0.717) is 5.76 Å². The van der Waals surface area contributed by atoms with Crippen LogP contribution in [0.1, 0.15) is 31.4 Å². The van der Waals surface area contributed by atoms with Crippen LogP contribution in [0, 0.1) is 6.92 Å². The van der Waals surface area contributed by atoms with Crippen LogP contribution in [0.4, 0.5) is 0 Å². The minimum atomic E-state index is 0.708. The molecule has 0 aliphatic rings. The van der Waals surface area contributed by atoms with Crippen molar-refractivity contribution in [2.75, 3.05) is 13.1 Å². The summed E-state index contributed by atoms with van der Waals surface area (Å²) in [5.41, 5.74) is 0. The van der Waals surface area contributed by atoms with Crippen LogP contribution in [0.15, 0.2) is 27.2 Å². The molecule has 0 amide bonds. The second-order valence-electron chi connectivity index (χ2n) is 4.38. The van der Waals surface area contributed by atoms with Gasteiger partial charge in [-0.05, 0) is 45.0 Å². The summed E-state index contributed by atoms with van der Waals surface area (Å²) in [5, 5.41) is 3.36. The molecule has 98 valence electrons. The van der Waals surface area contributed by atoms with E-state index in [0.717, 1.165) is 43.3 Å². The summed E-state index contributed by atoms with van der Waals surface area (Å²) in [6, 6.07) is 3.83. The van der Waals surface area contributed by atoms with Crippen molar-refractivity contribution in [2.24, 2.45) is 0 Å². The number of furan rings is 1. The SMILES string of the molecule is CCCNCCCc1ncc(-c2ccc(C)o2)o1. The van der Waals surface area contributed by atoms with Gasteiger partial charge >= 0.3 is 0 Å². The van der Waals surface area contributed by atoms with Crippen LogP contribution in [-0.2, 0) is 6.42 Å². The number of aryl methyl sites for hydroxylation is 2. The van der Waals surface area contributed by atoms with Gasteiger partial charge in [-0.25, -0.2) is 4.98 Å². The smallest absolute Gasteiger partial charge is 0.195 e. The van der Waals surface area contributed by atoms with Gasteiger partial charge in [0.25, 0.3) is 0 Å². The summed E-state index contributed by atoms with van der Waals surface area (Å²) < 4.78 is 11.2. The van der Waals surface area contributed by atoms with Crippen LogP contribution in [0.5, 0.6) is 0 Å². The fourth-order valence-corrected chi connectivity index (χ4v) is 1.77. The molecule has 0 spiro atoms. The van der Waals surface area contributed by atoms with E-state index >= 15 is 0 Å². The van der Waals surface area contributed by atoms with Crippen molar-refractivity contribution in [3.05, 3.63) is 30.0 Å². The van der Waals surface area contributed by atoms with Crippen molar-refractivity contribution >= 4 is 0 Å². The molecule has 4 nitrogen and oxygen atoms in total. The van der Waals surface area contributed by atoms with Gasteiger partial charge in [-0.1, -0.05) is 6.92 Å². The van der Waals surface area contributed by atoms with Crippen LogP contribution in [0.2, 0.25) is 0 Å². The summed E-state index contributed by atoms with van der Waals surface area (Å²) in [4.78, 5) is 4.27. The number of hydrogen-bond donors (Lipinski definition) is 1. The Hall–Kier alpha value is -1.55. The number of nitrogens with zero attached hydrogens (tertiary/aromatic N) is 1. The predicted molar refractivity (Wildman–Crippen MR) is 70.4 cm³/mol. The molecule has 2 aromatic heterocycles. The predicted octanol–water partition coefficient (Wildman–Crippen LogP) is 3.18. The van der Waals surface area contributed by atoms with E-state index in [2.05, 4.69) is 17.2 Å². The minimum absolute atomic E-state index is 0.708. The lowest BCUT2D eigenvalue weighted by Crippen LogP contribution is -2.16. The number of aromatic nitrogens is 1. The maximum absolute atomic E-state index is 5.66. The van der Waals surface area contributed by atoms with E-state index in [-0.39, 0.29) is 0 Å². The fourth-order valence-electron chi connectivity index (χ4n) is 1.77. The zero-order valence-corrected chi connectivity index (χ0v) is 11.0. The van der Waals surface area contributed by atoms with Crippen LogP contribution < -0.4 is 5.32 Å². The van der Waals surface area contributed by atoms with E-state index < -0.39 is 0 Å². The Bertz CT molecular complexity index is 474. The molecule has 4 heteroatoms. The third-order valence-corrected chi connectivity index (χ3v) is 2.71. The minimum Gasteiger partial charge on any atom is -0.458 e. The molecule has 0 aliphatic carbocycles. The molecule has 0 aromatic carbocycles. The number of nitrogens with one attached hydrogen (secondary N) is 1. The zero-order valence-electron chi connectivity index (χ0n) is 11.0. The molecule has 0 aliphatic heterocycles. The largest absolute Gasteiger partial charge is 0.458 e. The van der Waals surface area contributed by atoms with Crippen LogP contribution >= 0.6 is 0 Å². The second-order valence-corrected chi connectivity index (χ2v) is 4.38. The highest BCUT2D eigenvalue weighted by molar-refractivity contribution is 5.48. The van der Waals surface area contributed by atoms with Gasteiger partial charge in [0, 0.05) is 6.42 Å². The van der Waals surface area contributed by atoms with Crippen molar-refractivity contribution in [3.63, 3.8) is 0 Å². The van der Waals surface area contributed by atoms with Gasteiger partial charge in [0.2, 0.25) is 0 Å². The summed E-state index contributed by atoms with van der Waals surface area (Å²) in [6.07, 6.45) is 4.79. The Kier molecular flexibility index (Phi) is 4.59. The van der Waals surface area contributed by atoms with Crippen LogP contribution in [-0.4, -0.2) is 18.1 Å². The number of hydrogen-bond acceptors (Lipinski definition) is 4. The maximum Gasteiger partial charge on any atom is 0.195 e. The lowest BCUT2D eigenvalue weighted by molar-refractivity contribution is 0.467. The summed E-state index contributed by atoms with van der Waals surface area (Å²) >= 11 is 0. The molecule has 0 saturated heterocycles. The second kappa shape index (κ2) is 6.40. The lowest BCUT2D eigenvalue weighted by atomic mass is 10.3. The quantitative estimate of drug-likeness (QED) is 0.765. The Balaban J connectivity index is 1.83. The molecule has 2 aromatic rings. The van der Waals surface area contributed by atoms with Gasteiger partial charge < -0.3 is 14.2 Å². The normalized spacial score (nSPS) is 11.0. The zero-order chi connectivity index (χ0) is 12.8. The van der Waals surface area contributed by atoms with Gasteiger partial charge in [0.1, 0.15) is 5.76 Å². The summed E-state index contributed by atoms with van der Waals surface area (Å²) in [5.74, 6) is 3.11. The molecular formula is C14H20N2O2. The molecular weight excluding hydrogens is 228 g/mol. The van der Waals surface area contributed by atoms with Gasteiger partial charge in [-0.15, -0.1) is 0 Å². The molecule has 0 unspecified atom stereocenters. The Morgan fingerprint density at radius 2 is 2.06 bits per heavy atom. The van der Waals surface area contributed by atoms with Crippen molar-refractivity contribution < 1.29 is 8.83 Å². The van der Waals surface area contributed by atoms with E-state index in [1.165, 1.54) is 6.42 Å². The molecule has 1 N–H and O–H groups in total. The molecule has 2 rings (SSSR count). The number of rotatable bonds is 7. The Morgan fingerprint density at radius 3 is 2.78 bits per heavy atom. The van der Waals surface area contributed by atoms with Crippen LogP contribution in [0.25, 0.3) is 11.5 Å². The topological polar surface area (TPSA) is 51.2 Å². The molecule has 2 heterocycles. The van der Waals surface area contributed by atoms with E-state index in [1.54, 1.807) is 6.20 Å². The van der Waals surface area contributed by atoms with Crippen molar-refractivity contribution in [1.29, 1.82) is 0 Å². The van der Waals surface area contributed by atoms with Gasteiger partial charge in [-0.3, -0.25) is 0 Å². The molecule has 18 heavy (non-hydrogen) atoms. The highest BCUT2D eigenvalue weighted by Crippen LogP contribution is 2.22. The van der Waals surface area contributed by atoms with Crippen molar-refractivity contribution in [2.45, 2.75) is 33.1 Å². The monoisotopic (exact) mass is 248 g/mol. The first-order chi connectivity index (χ1) is 8.79. The standard InChI is InChI=1S/C14H20N2O2/c1-3-8-15-9-4-5-14-16-10-13(18-14)12-7-6-11(2)17-12/h6-7,10,15H,3-5,8-9H2,1-2H3. The van der Waals surface area contributed by atoms with Gasteiger partial charge in [-0.2, -0.15) is 0 Å². The lowest BCUT2D eigenvalue weighted by Gasteiger charge is -2.00. The first kappa shape index (κ1) is 12.9. The molecule has 0 radical (unpaired) electrons. The third kappa shape index (κ3) is 3.47. The van der Waals surface area contributed by atoms with Crippen LogP contribution in [0.3, 0.4) is 0 Å². The maximum atomic E-state index is 5.66. The van der Waals surface area contributed by atoms with E-state index in [9.17, 15) is 0 Å². The molecule has 0 atom stereocenters. The van der Waals surface area contributed by atoms with Gasteiger partial charge in [0.15, 0.2) is 17.4 Å². The highest BCUT2D eigenvalue weighted by atomic mass is 16.4. The Labute approximate surface area is 107 Å². The Morgan fingerprint density at radius 1 is 1.17 bits per heavy atom. The summed E-state index contributed by atoms with van der Waals surface area (Å²) in [6.45, 7) is 6.16.